The van der Waals surface area contributed by atoms with Gasteiger partial charge >= 0.3 is 12.1 Å². The van der Waals surface area contributed by atoms with Crippen LogP contribution in [-0.4, -0.2) is 64.9 Å². The van der Waals surface area contributed by atoms with Gasteiger partial charge in [-0.1, -0.05) is 0 Å². The van der Waals surface area contributed by atoms with E-state index in [2.05, 4.69) is 9.62 Å². The zero-order valence-electron chi connectivity index (χ0n) is 15.6. The Bertz CT molecular complexity index is 839. The Morgan fingerprint density at radius 1 is 1.31 bits per heavy atom. The predicted octanol–water partition coefficient (Wildman–Crippen LogP) is 2.53. The number of carboxylic acid groups (broad SMARTS) is 1. The molecule has 164 valence electrons. The number of aliphatic carboxylic acids is 1. The Hall–Kier alpha value is -2.08. The average Bonchev–Trinajstić information content (AvgIpc) is 2.87. The van der Waals surface area contributed by atoms with E-state index in [0.717, 1.165) is 36.9 Å². The van der Waals surface area contributed by atoms with Gasteiger partial charge in [0.1, 0.15) is 6.67 Å². The molecule has 29 heavy (non-hydrogen) atoms. The number of ether oxygens (including phenoxy) is 1. The van der Waals surface area contributed by atoms with Crippen LogP contribution in [0.2, 0.25) is 0 Å². The zero-order chi connectivity index (χ0) is 21.9. The van der Waals surface area contributed by atoms with Gasteiger partial charge in [-0.3, -0.25) is 4.72 Å². The van der Waals surface area contributed by atoms with Crippen molar-refractivity contribution in [3.63, 3.8) is 0 Å². The molecule has 0 bridgehead atoms. The average molecular weight is 442 g/mol. The van der Waals surface area contributed by atoms with Gasteiger partial charge < -0.3 is 14.7 Å². The number of carboxylic acids is 1. The van der Waals surface area contributed by atoms with Gasteiger partial charge in [0.25, 0.3) is 0 Å². The third-order valence-electron chi connectivity index (χ3n) is 4.75. The van der Waals surface area contributed by atoms with E-state index in [-0.39, 0.29) is 5.41 Å². The van der Waals surface area contributed by atoms with Crippen LogP contribution < -0.4 is 9.62 Å². The third-order valence-corrected chi connectivity index (χ3v) is 5.36. The summed E-state index contributed by atoms with van der Waals surface area (Å²) in [5.74, 6) is -2.76. The molecule has 2 aliphatic rings. The van der Waals surface area contributed by atoms with E-state index < -0.39 is 28.8 Å². The summed E-state index contributed by atoms with van der Waals surface area (Å²) in [5, 5.41) is 7.12. The summed E-state index contributed by atoms with van der Waals surface area (Å²) in [6.45, 7) is 2.13. The predicted molar refractivity (Wildman–Crippen MR) is 98.5 cm³/mol. The van der Waals surface area contributed by atoms with Crippen molar-refractivity contribution < 1.29 is 40.6 Å². The fourth-order valence-electron chi connectivity index (χ4n) is 3.54. The molecule has 1 saturated heterocycles. The summed E-state index contributed by atoms with van der Waals surface area (Å²) in [4.78, 5) is 11.0. The van der Waals surface area contributed by atoms with Crippen molar-refractivity contribution in [1.29, 1.82) is 0 Å². The van der Waals surface area contributed by atoms with E-state index in [1.807, 2.05) is 12.1 Å². The van der Waals surface area contributed by atoms with Gasteiger partial charge in [0.2, 0.25) is 10.0 Å². The number of fused-ring (bicyclic) bond motifs is 2. The van der Waals surface area contributed by atoms with Crippen molar-refractivity contribution in [2.75, 3.05) is 48.9 Å². The molecule has 1 fully saturated rings. The van der Waals surface area contributed by atoms with Crippen LogP contribution in [0.5, 0.6) is 0 Å². The molecule has 3 rings (SSSR count). The van der Waals surface area contributed by atoms with Crippen LogP contribution in [0, 0.1) is 0 Å². The minimum atomic E-state index is -5.08. The molecule has 0 unspecified atom stereocenters. The summed E-state index contributed by atoms with van der Waals surface area (Å²) < 4.78 is 75.5. The first-order valence-electron chi connectivity index (χ1n) is 8.69. The minimum Gasteiger partial charge on any atom is -0.475 e. The number of anilines is 2. The highest BCUT2D eigenvalue weighted by Crippen LogP contribution is 2.47. The number of benzene rings is 1. The molecule has 1 aromatic carbocycles. The van der Waals surface area contributed by atoms with Gasteiger partial charge in [-0.15, -0.1) is 0 Å². The third kappa shape index (κ3) is 5.95. The topological polar surface area (TPSA) is 95.9 Å². The molecule has 1 spiro atoms. The smallest absolute Gasteiger partial charge is 0.475 e. The first-order valence-corrected chi connectivity index (χ1v) is 10.6. The first-order chi connectivity index (χ1) is 13.4. The Morgan fingerprint density at radius 2 is 1.90 bits per heavy atom. The number of halogens is 4. The second-order valence-electron chi connectivity index (χ2n) is 6.91. The van der Waals surface area contributed by atoms with E-state index >= 15 is 0 Å². The van der Waals surface area contributed by atoms with Gasteiger partial charge in [-0.05, 0) is 36.6 Å². The standard InChI is InChI=1S/C15H21FN2O3S.C2HF3O2/c1-22(19,20)17-12-2-3-14-13(10-12)15(4-8-21-9-5-15)11-18(14)7-6-16;3-2(4,5)1(6)7/h2-3,10,17H,4-9,11H2,1H3;(H,6,7). The molecule has 12 heteroatoms. The van der Waals surface area contributed by atoms with Gasteiger partial charge in [0.05, 0.1) is 6.26 Å². The van der Waals surface area contributed by atoms with Crippen molar-refractivity contribution >= 4 is 27.4 Å². The molecule has 1 aromatic rings. The number of nitrogens with one attached hydrogen (secondary N) is 1. The normalized spacial score (nSPS) is 18.0. The zero-order valence-corrected chi connectivity index (χ0v) is 16.4. The Balaban J connectivity index is 0.000000370. The number of sulfonamides is 1. The number of carbonyl (C=O) groups is 1. The van der Waals surface area contributed by atoms with Crippen LogP contribution >= 0.6 is 0 Å². The van der Waals surface area contributed by atoms with Gasteiger partial charge in [-0.25, -0.2) is 17.6 Å². The van der Waals surface area contributed by atoms with Gasteiger partial charge in [0, 0.05) is 43.1 Å². The molecule has 2 N–H and O–H groups in total. The van der Waals surface area contributed by atoms with Crippen molar-refractivity contribution in [2.45, 2.75) is 24.4 Å². The second kappa shape index (κ2) is 8.74. The van der Waals surface area contributed by atoms with Crippen molar-refractivity contribution in [3.8, 4) is 0 Å². The fourth-order valence-corrected chi connectivity index (χ4v) is 4.10. The van der Waals surface area contributed by atoms with Crippen molar-refractivity contribution in [2.24, 2.45) is 0 Å². The molecule has 0 saturated carbocycles. The summed E-state index contributed by atoms with van der Waals surface area (Å²) >= 11 is 0. The van der Waals surface area contributed by atoms with Gasteiger partial charge in [-0.2, -0.15) is 13.2 Å². The maximum Gasteiger partial charge on any atom is 0.490 e. The molecule has 0 radical (unpaired) electrons. The van der Waals surface area contributed by atoms with E-state index in [1.54, 1.807) is 6.07 Å². The molecule has 0 amide bonds. The molecular weight excluding hydrogens is 420 g/mol. The molecule has 2 heterocycles. The fraction of sp³-hybridized carbons (Fsp3) is 0.588. The lowest BCUT2D eigenvalue weighted by Crippen LogP contribution is -2.39. The number of hydrogen-bond donors (Lipinski definition) is 2. The lowest BCUT2D eigenvalue weighted by atomic mass is 9.76. The van der Waals surface area contributed by atoms with Crippen LogP contribution in [0.4, 0.5) is 28.9 Å². The lowest BCUT2D eigenvalue weighted by molar-refractivity contribution is -0.192. The Labute approximate surface area is 165 Å². The summed E-state index contributed by atoms with van der Waals surface area (Å²) in [6, 6.07) is 5.53. The van der Waals surface area contributed by atoms with Crippen LogP contribution in [0.3, 0.4) is 0 Å². The summed E-state index contributed by atoms with van der Waals surface area (Å²) in [7, 11) is -3.31. The number of hydrogen-bond acceptors (Lipinski definition) is 5. The van der Waals surface area contributed by atoms with Gasteiger partial charge in [0.15, 0.2) is 0 Å². The maximum atomic E-state index is 12.8. The van der Waals surface area contributed by atoms with E-state index in [4.69, 9.17) is 14.6 Å². The van der Waals surface area contributed by atoms with E-state index in [1.165, 1.54) is 0 Å². The monoisotopic (exact) mass is 442 g/mol. The number of alkyl halides is 4. The molecule has 7 nitrogen and oxygen atoms in total. The SMILES string of the molecule is CS(=O)(=O)Nc1ccc2c(c1)C1(CCOCC1)CN2CCF.O=C(O)C(F)(F)F. The van der Waals surface area contributed by atoms with Crippen LogP contribution in [0.1, 0.15) is 18.4 Å². The molecule has 0 atom stereocenters. The molecular formula is C17H22F4N2O5S. The quantitative estimate of drug-likeness (QED) is 0.696. The second-order valence-corrected chi connectivity index (χ2v) is 8.66. The van der Waals surface area contributed by atoms with Crippen LogP contribution in [-0.2, 0) is 25.0 Å². The van der Waals surface area contributed by atoms with Crippen LogP contribution in [0.25, 0.3) is 0 Å². The number of rotatable bonds is 4. The van der Waals surface area contributed by atoms with Crippen molar-refractivity contribution in [1.82, 2.24) is 0 Å². The summed E-state index contributed by atoms with van der Waals surface area (Å²) in [6.07, 6.45) is -2.18. The highest BCUT2D eigenvalue weighted by molar-refractivity contribution is 7.92. The molecule has 2 aliphatic heterocycles. The largest absolute Gasteiger partial charge is 0.490 e. The van der Waals surface area contributed by atoms with Crippen LogP contribution in [0.15, 0.2) is 18.2 Å². The van der Waals surface area contributed by atoms with E-state index in [0.29, 0.717) is 25.4 Å². The Kier molecular flexibility index (Phi) is 6.99. The molecule has 0 aromatic heterocycles. The summed E-state index contributed by atoms with van der Waals surface area (Å²) in [5.41, 5.74) is 2.63. The molecule has 0 aliphatic carbocycles. The lowest BCUT2D eigenvalue weighted by Gasteiger charge is -2.34. The first kappa shape index (κ1) is 23.2. The Morgan fingerprint density at radius 3 is 2.38 bits per heavy atom. The van der Waals surface area contributed by atoms with Crippen molar-refractivity contribution in [3.05, 3.63) is 23.8 Å². The maximum absolute atomic E-state index is 12.8. The highest BCUT2D eigenvalue weighted by atomic mass is 32.2. The van der Waals surface area contributed by atoms with E-state index in [9.17, 15) is 26.0 Å². The minimum absolute atomic E-state index is 0.0576. The highest BCUT2D eigenvalue weighted by Gasteiger charge is 2.43. The number of nitrogens with zero attached hydrogens (tertiary/aromatic N) is 1.